The van der Waals surface area contributed by atoms with Gasteiger partial charge in [0.1, 0.15) is 0 Å². The summed E-state index contributed by atoms with van der Waals surface area (Å²) in [7, 11) is 0. The first-order valence-electron chi connectivity index (χ1n) is 4.63. The van der Waals surface area contributed by atoms with Gasteiger partial charge in [-0.3, -0.25) is 5.43 Å². The first kappa shape index (κ1) is 7.53. The van der Waals surface area contributed by atoms with Gasteiger partial charge in [-0.05, 0) is 25.7 Å². The van der Waals surface area contributed by atoms with Gasteiger partial charge in [0.25, 0.3) is 0 Å². The van der Waals surface area contributed by atoms with E-state index >= 15 is 0 Å². The highest BCUT2D eigenvalue weighted by Crippen LogP contribution is 2.35. The normalized spacial score (nSPS) is 24.5. The molecule has 0 heterocycles. The number of rotatable bonds is 5. The van der Waals surface area contributed by atoms with Crippen LogP contribution < -0.4 is 11.2 Å². The molecule has 2 rings (SSSR count). The monoisotopic (exact) mass is 155 g/mol. The van der Waals surface area contributed by atoms with Crippen LogP contribution in [-0.2, 0) is 0 Å². The summed E-state index contributed by atoms with van der Waals surface area (Å²) in [4.78, 5) is 0. The molecule has 0 aromatic rings. The van der Waals surface area contributed by atoms with Crippen molar-refractivity contribution in [3.63, 3.8) is 0 Å². The molecule has 0 aromatic heterocycles. The second-order valence-electron chi connectivity index (χ2n) is 3.57. The molecule has 0 atom stereocenters. The van der Waals surface area contributed by atoms with Crippen molar-refractivity contribution < 1.29 is 0 Å². The summed E-state index contributed by atoms with van der Waals surface area (Å²) in [5, 5.41) is 2.44. The maximum absolute atomic E-state index is 5.43. The largest absolute Gasteiger partial charge is 0.329 e. The lowest BCUT2D eigenvalue weighted by atomic mass is 10.5. The van der Waals surface area contributed by atoms with Crippen LogP contribution in [0.3, 0.4) is 0 Å². The summed E-state index contributed by atoms with van der Waals surface area (Å²) in [6, 6.07) is 1.68. The Hall–Kier alpha value is -0.120. The van der Waals surface area contributed by atoms with Crippen LogP contribution in [0.15, 0.2) is 0 Å². The molecule has 3 N–H and O–H groups in total. The predicted molar refractivity (Wildman–Crippen MR) is 44.9 cm³/mol. The Bertz CT molecular complexity index is 117. The molecule has 0 unspecified atom stereocenters. The lowest BCUT2D eigenvalue weighted by Crippen LogP contribution is -2.43. The van der Waals surface area contributed by atoms with E-state index in [1.54, 1.807) is 0 Å². The van der Waals surface area contributed by atoms with Gasteiger partial charge < -0.3 is 5.73 Å². The Morgan fingerprint density at radius 2 is 1.73 bits per heavy atom. The molecule has 0 saturated heterocycles. The smallest absolute Gasteiger partial charge is 0.0247 e. The topological polar surface area (TPSA) is 41.3 Å². The molecule has 2 aliphatic carbocycles. The summed E-state index contributed by atoms with van der Waals surface area (Å²) >= 11 is 0. The third-order valence-electron chi connectivity index (χ3n) is 2.32. The number of nitrogens with zero attached hydrogens (tertiary/aromatic N) is 1. The molecule has 3 nitrogen and oxygen atoms in total. The van der Waals surface area contributed by atoms with Gasteiger partial charge in [-0.15, -0.1) is 0 Å². The molecule has 0 aliphatic heterocycles. The fourth-order valence-electron chi connectivity index (χ4n) is 1.46. The molecule has 2 saturated carbocycles. The lowest BCUT2D eigenvalue weighted by molar-refractivity contribution is 0.169. The van der Waals surface area contributed by atoms with E-state index in [1.165, 1.54) is 25.7 Å². The van der Waals surface area contributed by atoms with Gasteiger partial charge in [-0.1, -0.05) is 0 Å². The molecular weight excluding hydrogens is 138 g/mol. The van der Waals surface area contributed by atoms with Crippen LogP contribution in [0.1, 0.15) is 25.7 Å². The Balaban J connectivity index is 1.73. The van der Waals surface area contributed by atoms with Gasteiger partial charge in [0.2, 0.25) is 0 Å². The van der Waals surface area contributed by atoms with Crippen molar-refractivity contribution in [1.82, 2.24) is 10.4 Å². The molecule has 0 aromatic carbocycles. The molecule has 64 valence electrons. The number of hydrogen-bond donors (Lipinski definition) is 2. The van der Waals surface area contributed by atoms with E-state index in [4.69, 9.17) is 5.73 Å². The van der Waals surface area contributed by atoms with Crippen LogP contribution in [-0.4, -0.2) is 30.2 Å². The highest BCUT2D eigenvalue weighted by atomic mass is 15.6. The van der Waals surface area contributed by atoms with Crippen molar-refractivity contribution >= 4 is 0 Å². The van der Waals surface area contributed by atoms with Crippen molar-refractivity contribution in [2.24, 2.45) is 5.73 Å². The number of nitrogens with one attached hydrogen (secondary N) is 1. The Morgan fingerprint density at radius 3 is 2.09 bits per heavy atom. The minimum atomic E-state index is 0.746. The quantitative estimate of drug-likeness (QED) is 0.552. The minimum absolute atomic E-state index is 0.746. The molecule has 3 heteroatoms. The molecule has 0 bridgehead atoms. The molecule has 0 amide bonds. The maximum Gasteiger partial charge on any atom is 0.0247 e. The van der Waals surface area contributed by atoms with Crippen LogP contribution in [0.4, 0.5) is 0 Å². The number of nitrogens with two attached hydrogens (primary N) is 1. The average molecular weight is 155 g/mol. The van der Waals surface area contributed by atoms with E-state index in [0.717, 1.165) is 25.2 Å². The zero-order valence-electron chi connectivity index (χ0n) is 6.92. The summed E-state index contributed by atoms with van der Waals surface area (Å²) in [5.41, 5.74) is 8.83. The van der Waals surface area contributed by atoms with Crippen LogP contribution in [0.5, 0.6) is 0 Å². The van der Waals surface area contributed by atoms with E-state index in [1.807, 2.05) is 0 Å². The van der Waals surface area contributed by atoms with E-state index in [9.17, 15) is 0 Å². The Labute approximate surface area is 67.9 Å². The second kappa shape index (κ2) is 3.09. The van der Waals surface area contributed by atoms with Crippen molar-refractivity contribution in [3.05, 3.63) is 0 Å². The number of hydrazine groups is 1. The highest BCUT2D eigenvalue weighted by molar-refractivity contribution is 4.92. The Morgan fingerprint density at radius 1 is 1.18 bits per heavy atom. The standard InChI is InChI=1S/C8H17N3/c9-5-6-10-11(7-1-2-7)8-3-4-8/h7-8,10H,1-6,9H2. The summed E-state index contributed by atoms with van der Waals surface area (Å²) in [6.45, 7) is 1.68. The zero-order valence-corrected chi connectivity index (χ0v) is 6.92. The Kier molecular flexibility index (Phi) is 2.11. The SMILES string of the molecule is NCCNN(C1CC1)C1CC1. The van der Waals surface area contributed by atoms with Gasteiger partial charge in [0.05, 0.1) is 0 Å². The third-order valence-corrected chi connectivity index (χ3v) is 2.32. The fourth-order valence-corrected chi connectivity index (χ4v) is 1.46. The van der Waals surface area contributed by atoms with Crippen molar-refractivity contribution in [2.45, 2.75) is 37.8 Å². The van der Waals surface area contributed by atoms with Gasteiger partial charge in [0.15, 0.2) is 0 Å². The highest BCUT2D eigenvalue weighted by Gasteiger charge is 2.38. The van der Waals surface area contributed by atoms with Crippen molar-refractivity contribution in [1.29, 1.82) is 0 Å². The second-order valence-corrected chi connectivity index (χ2v) is 3.57. The molecule has 0 radical (unpaired) electrons. The van der Waals surface area contributed by atoms with Gasteiger partial charge in [0, 0.05) is 25.2 Å². The minimum Gasteiger partial charge on any atom is -0.329 e. The van der Waals surface area contributed by atoms with E-state index < -0.39 is 0 Å². The zero-order chi connectivity index (χ0) is 7.68. The van der Waals surface area contributed by atoms with E-state index in [-0.39, 0.29) is 0 Å². The van der Waals surface area contributed by atoms with Crippen LogP contribution in [0, 0.1) is 0 Å². The maximum atomic E-state index is 5.43. The summed E-state index contributed by atoms with van der Waals surface area (Å²) in [5.74, 6) is 0. The predicted octanol–water partition coefficient (Wildman–Crippen LogP) is 0.0765. The molecular formula is C8H17N3. The summed E-state index contributed by atoms with van der Waals surface area (Å²) < 4.78 is 0. The van der Waals surface area contributed by atoms with Gasteiger partial charge in [-0.25, -0.2) is 5.01 Å². The lowest BCUT2D eigenvalue weighted by Gasteiger charge is -2.22. The van der Waals surface area contributed by atoms with Crippen molar-refractivity contribution in [3.8, 4) is 0 Å². The van der Waals surface area contributed by atoms with Crippen LogP contribution in [0.25, 0.3) is 0 Å². The molecule has 2 aliphatic rings. The van der Waals surface area contributed by atoms with E-state index in [2.05, 4.69) is 10.4 Å². The fraction of sp³-hybridized carbons (Fsp3) is 1.00. The van der Waals surface area contributed by atoms with Gasteiger partial charge >= 0.3 is 0 Å². The summed E-state index contributed by atoms with van der Waals surface area (Å²) in [6.07, 6.45) is 5.53. The molecule has 0 spiro atoms. The van der Waals surface area contributed by atoms with Gasteiger partial charge in [-0.2, -0.15) is 0 Å². The van der Waals surface area contributed by atoms with Crippen molar-refractivity contribution in [2.75, 3.05) is 13.1 Å². The number of hydrogen-bond acceptors (Lipinski definition) is 3. The van der Waals surface area contributed by atoms with Crippen LogP contribution in [0.2, 0.25) is 0 Å². The van der Waals surface area contributed by atoms with E-state index in [0.29, 0.717) is 0 Å². The first-order chi connectivity index (χ1) is 5.42. The average Bonchev–Trinajstić information content (AvgIpc) is 2.85. The molecule has 2 fully saturated rings. The third kappa shape index (κ3) is 1.92. The first-order valence-corrected chi connectivity index (χ1v) is 4.63. The molecule has 11 heavy (non-hydrogen) atoms. The van der Waals surface area contributed by atoms with Crippen LogP contribution >= 0.6 is 0 Å².